The van der Waals surface area contributed by atoms with Crippen molar-refractivity contribution in [3.05, 3.63) is 41.2 Å². The predicted molar refractivity (Wildman–Crippen MR) is 132 cm³/mol. The maximum Gasteiger partial charge on any atom is 0.152 e. The van der Waals surface area contributed by atoms with Gasteiger partial charge in [0.15, 0.2) is 5.15 Å². The Morgan fingerprint density at radius 2 is 1.94 bits per heavy atom. The number of nitrogens with zero attached hydrogens (tertiary/aromatic N) is 2. The summed E-state index contributed by atoms with van der Waals surface area (Å²) in [6.07, 6.45) is 10.9. The molecule has 4 rings (SSSR count). The van der Waals surface area contributed by atoms with Gasteiger partial charge < -0.3 is 15.4 Å². The molecule has 2 N–H and O–H groups in total. The van der Waals surface area contributed by atoms with Crippen LogP contribution in [0.1, 0.15) is 58.1 Å². The van der Waals surface area contributed by atoms with Crippen molar-refractivity contribution in [3.63, 3.8) is 0 Å². The first-order valence-electron chi connectivity index (χ1n) is 12.1. The first-order valence-corrected chi connectivity index (χ1v) is 12.5. The van der Waals surface area contributed by atoms with Crippen molar-refractivity contribution in [1.29, 1.82) is 0 Å². The van der Waals surface area contributed by atoms with E-state index in [0.29, 0.717) is 34.1 Å². The largest absolute Gasteiger partial charge is 0.383 e. The fraction of sp³-hybridized carbons (Fsp3) is 0.615. The lowest BCUT2D eigenvalue weighted by Crippen LogP contribution is -2.41. The second-order valence-electron chi connectivity index (χ2n) is 10.3. The summed E-state index contributed by atoms with van der Waals surface area (Å²) >= 11 is 6.30. The van der Waals surface area contributed by atoms with E-state index in [9.17, 15) is 4.39 Å². The lowest BCUT2D eigenvalue weighted by Gasteiger charge is -2.31. The van der Waals surface area contributed by atoms with Crippen LogP contribution in [0.4, 0.5) is 10.1 Å². The minimum absolute atomic E-state index is 0.331. The number of ether oxygens (including phenoxy) is 1. The Balaban J connectivity index is 1.39. The van der Waals surface area contributed by atoms with Crippen molar-refractivity contribution in [2.24, 2.45) is 11.3 Å². The quantitative estimate of drug-likeness (QED) is 0.421. The third-order valence-corrected chi connectivity index (χ3v) is 7.45. The molecule has 2 saturated carbocycles. The molecule has 0 aromatic carbocycles. The normalized spacial score (nSPS) is 22.7. The number of rotatable bonds is 10. The summed E-state index contributed by atoms with van der Waals surface area (Å²) in [7, 11) is 1.74. The second-order valence-corrected chi connectivity index (χ2v) is 10.7. The molecule has 0 amide bonds. The number of nitrogens with one attached hydrogen (secondary N) is 2. The van der Waals surface area contributed by atoms with Crippen LogP contribution < -0.4 is 10.6 Å². The summed E-state index contributed by atoms with van der Waals surface area (Å²) in [4.78, 5) is 8.71. The van der Waals surface area contributed by atoms with Crippen LogP contribution in [-0.2, 0) is 11.2 Å². The van der Waals surface area contributed by atoms with Crippen LogP contribution in [0.15, 0.2) is 24.5 Å². The zero-order chi connectivity index (χ0) is 23.4. The molecule has 0 spiro atoms. The Labute approximate surface area is 201 Å². The van der Waals surface area contributed by atoms with E-state index in [1.54, 1.807) is 13.3 Å². The molecule has 2 heterocycles. The number of methoxy groups -OCH3 is 1. The number of hydrogen-bond donors (Lipinski definition) is 2. The van der Waals surface area contributed by atoms with E-state index in [1.807, 2.05) is 12.1 Å². The molecule has 33 heavy (non-hydrogen) atoms. The van der Waals surface area contributed by atoms with Crippen LogP contribution in [0, 0.1) is 17.2 Å². The molecule has 0 saturated heterocycles. The van der Waals surface area contributed by atoms with Gasteiger partial charge in [0.05, 0.1) is 18.5 Å². The van der Waals surface area contributed by atoms with Gasteiger partial charge in [-0.1, -0.05) is 18.5 Å². The zero-order valence-electron chi connectivity index (χ0n) is 20.0. The summed E-state index contributed by atoms with van der Waals surface area (Å²) in [5.74, 6) is 0.245. The molecule has 5 nitrogen and oxygen atoms in total. The topological polar surface area (TPSA) is 59.1 Å². The first-order chi connectivity index (χ1) is 15.8. The lowest BCUT2D eigenvalue weighted by molar-refractivity contribution is 0.158. The summed E-state index contributed by atoms with van der Waals surface area (Å²) in [5.41, 5.74) is 3.29. The minimum atomic E-state index is -0.331. The smallest absolute Gasteiger partial charge is 0.152 e. The van der Waals surface area contributed by atoms with E-state index >= 15 is 0 Å². The van der Waals surface area contributed by atoms with Gasteiger partial charge in [-0.2, -0.15) is 0 Å². The third kappa shape index (κ3) is 6.65. The van der Waals surface area contributed by atoms with Crippen molar-refractivity contribution in [2.75, 3.05) is 25.6 Å². The van der Waals surface area contributed by atoms with Crippen molar-refractivity contribution in [1.82, 2.24) is 15.3 Å². The summed E-state index contributed by atoms with van der Waals surface area (Å²) in [5, 5.41) is 7.49. The Bertz CT molecular complexity index is 944. The van der Waals surface area contributed by atoms with Crippen LogP contribution in [0.25, 0.3) is 11.1 Å². The van der Waals surface area contributed by atoms with Crippen molar-refractivity contribution in [3.8, 4) is 11.1 Å². The van der Waals surface area contributed by atoms with Crippen LogP contribution in [-0.4, -0.2) is 42.3 Å². The molecule has 1 atom stereocenters. The Morgan fingerprint density at radius 1 is 1.18 bits per heavy atom. The molecule has 2 aromatic rings. The Hall–Kier alpha value is -1.76. The standard InChI is InChI=1S/C26H36ClFN4O/c1-17(15-33-3)32-20-6-4-18(5-7-20)10-21-12-22(23(28)14-29-21)19-11-24(25(27)30-13-19)31-16-26(2)8-9-26/h11-14,17-18,20,31-32H,4-10,15-16H2,1-3H3/t17-,18?,20?/m0/s1. The lowest BCUT2D eigenvalue weighted by atomic mass is 9.83. The molecule has 0 aliphatic heterocycles. The maximum absolute atomic E-state index is 14.7. The number of pyridine rings is 2. The molecule has 0 bridgehead atoms. The van der Waals surface area contributed by atoms with Gasteiger partial charge in [0.1, 0.15) is 5.82 Å². The highest BCUT2D eigenvalue weighted by atomic mass is 35.5. The van der Waals surface area contributed by atoms with Gasteiger partial charge in [-0.25, -0.2) is 9.37 Å². The predicted octanol–water partition coefficient (Wildman–Crippen LogP) is 5.87. The maximum atomic E-state index is 14.7. The Morgan fingerprint density at radius 3 is 2.64 bits per heavy atom. The van der Waals surface area contributed by atoms with Gasteiger partial charge in [0.2, 0.25) is 0 Å². The van der Waals surface area contributed by atoms with Gasteiger partial charge in [0.25, 0.3) is 0 Å². The van der Waals surface area contributed by atoms with Crippen LogP contribution >= 0.6 is 11.6 Å². The molecule has 2 fully saturated rings. The number of halogens is 2. The fourth-order valence-electron chi connectivity index (χ4n) is 4.76. The van der Waals surface area contributed by atoms with E-state index in [2.05, 4.69) is 34.4 Å². The zero-order valence-corrected chi connectivity index (χ0v) is 20.7. The molecule has 0 unspecified atom stereocenters. The van der Waals surface area contributed by atoms with E-state index in [4.69, 9.17) is 16.3 Å². The average molecular weight is 475 g/mol. The van der Waals surface area contributed by atoms with Crippen molar-refractivity contribution in [2.45, 2.75) is 70.9 Å². The highest BCUT2D eigenvalue weighted by molar-refractivity contribution is 6.32. The van der Waals surface area contributed by atoms with Gasteiger partial charge >= 0.3 is 0 Å². The second kappa shape index (κ2) is 10.7. The Kier molecular flexibility index (Phi) is 7.87. The SMILES string of the molecule is COC[C@H](C)NC1CCC(Cc2cc(-c3cnc(Cl)c(NCC4(C)CC4)c3)c(F)cn2)CC1. The molecule has 180 valence electrons. The minimum Gasteiger partial charge on any atom is -0.383 e. The van der Waals surface area contributed by atoms with Gasteiger partial charge in [0, 0.05) is 48.8 Å². The van der Waals surface area contributed by atoms with Gasteiger partial charge in [-0.05, 0) is 75.3 Å². The van der Waals surface area contributed by atoms with Crippen LogP contribution in [0.3, 0.4) is 0 Å². The van der Waals surface area contributed by atoms with Crippen LogP contribution in [0.2, 0.25) is 5.15 Å². The monoisotopic (exact) mass is 474 g/mol. The molecule has 0 radical (unpaired) electrons. The fourth-order valence-corrected chi connectivity index (χ4v) is 4.93. The molecule has 2 aromatic heterocycles. The first kappa shape index (κ1) is 24.4. The van der Waals surface area contributed by atoms with E-state index in [-0.39, 0.29) is 5.82 Å². The van der Waals surface area contributed by atoms with Crippen molar-refractivity contribution >= 4 is 17.3 Å². The molecular weight excluding hydrogens is 439 g/mol. The molecule has 7 heteroatoms. The highest BCUT2D eigenvalue weighted by Gasteiger charge is 2.37. The number of hydrogen-bond acceptors (Lipinski definition) is 5. The third-order valence-electron chi connectivity index (χ3n) is 7.15. The average Bonchev–Trinajstić information content (AvgIpc) is 3.53. The summed E-state index contributed by atoms with van der Waals surface area (Å²) in [6.45, 7) is 6.00. The van der Waals surface area contributed by atoms with E-state index in [1.165, 1.54) is 19.0 Å². The molecular formula is C26H36ClFN4O. The van der Waals surface area contributed by atoms with E-state index in [0.717, 1.165) is 62.2 Å². The summed E-state index contributed by atoms with van der Waals surface area (Å²) < 4.78 is 20.0. The molecule has 2 aliphatic rings. The van der Waals surface area contributed by atoms with Crippen LogP contribution in [0.5, 0.6) is 0 Å². The van der Waals surface area contributed by atoms with E-state index < -0.39 is 0 Å². The number of anilines is 1. The van der Waals surface area contributed by atoms with Crippen molar-refractivity contribution < 1.29 is 9.13 Å². The number of aromatic nitrogens is 2. The molecule has 2 aliphatic carbocycles. The summed E-state index contributed by atoms with van der Waals surface area (Å²) in [6, 6.07) is 4.71. The van der Waals surface area contributed by atoms with Gasteiger partial charge in [-0.15, -0.1) is 0 Å². The van der Waals surface area contributed by atoms with Gasteiger partial charge in [-0.3, -0.25) is 4.98 Å². The highest BCUT2D eigenvalue weighted by Crippen LogP contribution is 2.45.